The number of anilines is 3. The molecular formula is C20H23F2IN2O5S. The van der Waals surface area contributed by atoms with Gasteiger partial charge in [-0.3, -0.25) is 4.72 Å². The molecule has 2 aromatic carbocycles. The number of aryl methyl sites for hydroxylation is 1. The standard InChI is InChI=1S/C20H23F2IN2O5S/c1-11-7-16(30-2)18(25-31(28,29)20(5-6-20)9-13(27)10-26)19(17(11)22)24-15-4-3-12(23)8-14(15)21/h3-4,7-8,13,24-27H,5-6,9-10H2,1-2H3/t13-/m0/s1. The Bertz CT molecular complexity index is 1090. The molecule has 0 saturated heterocycles. The van der Waals surface area contributed by atoms with Gasteiger partial charge in [-0.15, -0.1) is 0 Å². The number of ether oxygens (including phenoxy) is 1. The third kappa shape index (κ3) is 4.89. The average molecular weight is 568 g/mol. The van der Waals surface area contributed by atoms with E-state index in [1.54, 1.807) is 6.07 Å². The van der Waals surface area contributed by atoms with E-state index in [0.717, 1.165) is 0 Å². The topological polar surface area (TPSA) is 108 Å². The average Bonchev–Trinajstić information content (AvgIpc) is 3.50. The molecule has 31 heavy (non-hydrogen) atoms. The van der Waals surface area contributed by atoms with Crippen LogP contribution in [0.1, 0.15) is 24.8 Å². The van der Waals surface area contributed by atoms with Gasteiger partial charge in [0.15, 0.2) is 5.82 Å². The number of sulfonamides is 1. The predicted octanol–water partition coefficient (Wildman–Crippen LogP) is 3.65. The minimum Gasteiger partial charge on any atom is -0.494 e. The molecule has 0 bridgehead atoms. The van der Waals surface area contributed by atoms with Crippen molar-refractivity contribution >= 4 is 49.7 Å². The van der Waals surface area contributed by atoms with Gasteiger partial charge < -0.3 is 20.3 Å². The van der Waals surface area contributed by atoms with Crippen molar-refractivity contribution in [3.8, 4) is 5.75 Å². The molecule has 11 heteroatoms. The summed E-state index contributed by atoms with van der Waals surface area (Å²) in [5.41, 5.74) is -0.346. The third-order valence-electron chi connectivity index (χ3n) is 5.25. The Morgan fingerprint density at radius 1 is 1.26 bits per heavy atom. The summed E-state index contributed by atoms with van der Waals surface area (Å²) in [5, 5.41) is 21.5. The van der Waals surface area contributed by atoms with Gasteiger partial charge in [-0.2, -0.15) is 0 Å². The Hall–Kier alpha value is -1.70. The van der Waals surface area contributed by atoms with Crippen LogP contribution in [0.15, 0.2) is 24.3 Å². The molecule has 0 heterocycles. The molecule has 1 atom stereocenters. The summed E-state index contributed by atoms with van der Waals surface area (Å²) < 4.78 is 62.7. The van der Waals surface area contributed by atoms with E-state index in [0.29, 0.717) is 3.57 Å². The number of hydrogen-bond acceptors (Lipinski definition) is 6. The molecule has 0 unspecified atom stereocenters. The first kappa shape index (κ1) is 24.0. The monoisotopic (exact) mass is 568 g/mol. The second-order valence-electron chi connectivity index (χ2n) is 7.54. The first-order chi connectivity index (χ1) is 14.5. The minimum absolute atomic E-state index is 0.0377. The van der Waals surface area contributed by atoms with Gasteiger partial charge in [0.25, 0.3) is 0 Å². The Labute approximate surface area is 193 Å². The van der Waals surface area contributed by atoms with Crippen LogP contribution in [0.4, 0.5) is 25.8 Å². The summed E-state index contributed by atoms with van der Waals surface area (Å²) in [5.74, 6) is -1.35. The molecule has 7 nitrogen and oxygen atoms in total. The Balaban J connectivity index is 2.06. The number of nitrogens with one attached hydrogen (secondary N) is 2. The zero-order chi connectivity index (χ0) is 23.0. The van der Waals surface area contributed by atoms with Gasteiger partial charge in [-0.1, -0.05) is 0 Å². The van der Waals surface area contributed by atoms with Gasteiger partial charge in [0, 0.05) is 3.57 Å². The second kappa shape index (κ2) is 9.04. The van der Waals surface area contributed by atoms with Crippen LogP contribution in [0.25, 0.3) is 0 Å². The van der Waals surface area contributed by atoms with Crippen LogP contribution in [0.5, 0.6) is 5.75 Å². The van der Waals surface area contributed by atoms with Crippen molar-refractivity contribution in [2.24, 2.45) is 0 Å². The Morgan fingerprint density at radius 2 is 1.94 bits per heavy atom. The number of halogens is 3. The lowest BCUT2D eigenvalue weighted by atomic mass is 10.1. The molecule has 0 spiro atoms. The van der Waals surface area contributed by atoms with Crippen LogP contribution < -0.4 is 14.8 Å². The summed E-state index contributed by atoms with van der Waals surface area (Å²) in [6.45, 7) is 0.907. The lowest BCUT2D eigenvalue weighted by Crippen LogP contribution is -2.34. The number of hydrogen-bond donors (Lipinski definition) is 4. The minimum atomic E-state index is -4.10. The van der Waals surface area contributed by atoms with Crippen molar-refractivity contribution < 1.29 is 32.1 Å². The fourth-order valence-corrected chi connectivity index (χ4v) is 5.52. The summed E-state index contributed by atoms with van der Waals surface area (Å²) in [6, 6.07) is 5.64. The highest BCUT2D eigenvalue weighted by molar-refractivity contribution is 14.1. The predicted molar refractivity (Wildman–Crippen MR) is 122 cm³/mol. The molecule has 3 rings (SSSR count). The zero-order valence-electron chi connectivity index (χ0n) is 16.9. The maximum Gasteiger partial charge on any atom is 0.238 e. The molecule has 0 aliphatic heterocycles. The number of aliphatic hydroxyl groups excluding tert-OH is 2. The third-order valence-corrected chi connectivity index (χ3v) is 8.11. The highest BCUT2D eigenvalue weighted by Gasteiger charge is 2.55. The smallest absolute Gasteiger partial charge is 0.238 e. The van der Waals surface area contributed by atoms with Crippen molar-refractivity contribution in [2.45, 2.75) is 37.0 Å². The van der Waals surface area contributed by atoms with Crippen molar-refractivity contribution in [3.63, 3.8) is 0 Å². The first-order valence-electron chi connectivity index (χ1n) is 9.44. The number of aliphatic hydroxyl groups is 2. The van der Waals surface area contributed by atoms with Gasteiger partial charge in [0.05, 0.1) is 30.3 Å². The molecule has 1 aliphatic rings. The molecule has 1 aliphatic carbocycles. The van der Waals surface area contributed by atoms with Crippen molar-refractivity contribution in [3.05, 3.63) is 45.0 Å². The van der Waals surface area contributed by atoms with E-state index in [2.05, 4.69) is 10.0 Å². The Morgan fingerprint density at radius 3 is 2.48 bits per heavy atom. The van der Waals surface area contributed by atoms with Gasteiger partial charge in [0.2, 0.25) is 10.0 Å². The molecular weight excluding hydrogens is 545 g/mol. The number of methoxy groups -OCH3 is 1. The van der Waals surface area contributed by atoms with Crippen LogP contribution >= 0.6 is 22.6 Å². The number of rotatable bonds is 9. The lowest BCUT2D eigenvalue weighted by Gasteiger charge is -2.23. The molecule has 0 radical (unpaired) electrons. The van der Waals surface area contributed by atoms with Crippen LogP contribution in [-0.2, 0) is 10.0 Å². The fourth-order valence-electron chi connectivity index (χ4n) is 3.33. The van der Waals surface area contributed by atoms with Gasteiger partial charge in [-0.25, -0.2) is 17.2 Å². The maximum absolute atomic E-state index is 15.1. The molecule has 4 N–H and O–H groups in total. The number of benzene rings is 2. The van der Waals surface area contributed by atoms with Crippen LogP contribution in [0, 0.1) is 22.1 Å². The lowest BCUT2D eigenvalue weighted by molar-refractivity contribution is 0.0858. The van der Waals surface area contributed by atoms with Gasteiger partial charge in [0.1, 0.15) is 22.9 Å². The van der Waals surface area contributed by atoms with Crippen LogP contribution in [-0.4, -0.2) is 43.2 Å². The van der Waals surface area contributed by atoms with Crippen LogP contribution in [0.3, 0.4) is 0 Å². The molecule has 1 fully saturated rings. The van der Waals surface area contributed by atoms with Crippen LogP contribution in [0.2, 0.25) is 0 Å². The van der Waals surface area contributed by atoms with E-state index in [-0.39, 0.29) is 47.6 Å². The summed E-state index contributed by atoms with van der Waals surface area (Å²) in [4.78, 5) is 0. The fraction of sp³-hybridized carbons (Fsp3) is 0.400. The Kier molecular flexibility index (Phi) is 6.99. The van der Waals surface area contributed by atoms with E-state index < -0.39 is 39.1 Å². The van der Waals surface area contributed by atoms with E-state index >= 15 is 4.39 Å². The highest BCUT2D eigenvalue weighted by atomic mass is 127. The largest absolute Gasteiger partial charge is 0.494 e. The van der Waals surface area contributed by atoms with Crippen molar-refractivity contribution in [1.82, 2.24) is 0 Å². The molecule has 2 aromatic rings. The highest BCUT2D eigenvalue weighted by Crippen LogP contribution is 2.49. The van der Waals surface area contributed by atoms with Crippen molar-refractivity contribution in [2.75, 3.05) is 23.8 Å². The molecule has 0 aromatic heterocycles. The van der Waals surface area contributed by atoms with Gasteiger partial charge in [-0.05, 0) is 78.6 Å². The first-order valence-corrected chi connectivity index (χ1v) is 12.0. The molecule has 0 amide bonds. The maximum atomic E-state index is 15.1. The second-order valence-corrected chi connectivity index (χ2v) is 10.9. The summed E-state index contributed by atoms with van der Waals surface area (Å²) in [7, 11) is -2.80. The quantitative estimate of drug-likeness (QED) is 0.344. The molecule has 1 saturated carbocycles. The summed E-state index contributed by atoms with van der Waals surface area (Å²) >= 11 is 1.94. The van der Waals surface area contributed by atoms with E-state index in [1.165, 1.54) is 32.2 Å². The zero-order valence-corrected chi connectivity index (χ0v) is 19.9. The SMILES string of the molecule is COc1cc(C)c(F)c(Nc2ccc(I)cc2F)c1NS(=O)(=O)C1(C[C@H](O)CO)CC1. The summed E-state index contributed by atoms with van der Waals surface area (Å²) in [6.07, 6.45) is -0.798. The van der Waals surface area contributed by atoms with E-state index in [4.69, 9.17) is 9.84 Å². The molecule has 170 valence electrons. The van der Waals surface area contributed by atoms with E-state index in [1.807, 2.05) is 22.6 Å². The van der Waals surface area contributed by atoms with E-state index in [9.17, 15) is 17.9 Å². The normalized spacial score (nSPS) is 16.0. The van der Waals surface area contributed by atoms with Crippen molar-refractivity contribution in [1.29, 1.82) is 0 Å². The van der Waals surface area contributed by atoms with Gasteiger partial charge >= 0.3 is 0 Å².